The van der Waals surface area contributed by atoms with Gasteiger partial charge < -0.3 is 23.8 Å². The number of nitrogens with zero attached hydrogens (tertiary/aromatic N) is 2. The van der Waals surface area contributed by atoms with Crippen molar-refractivity contribution in [3.8, 4) is 23.0 Å². The van der Waals surface area contributed by atoms with Crippen LogP contribution in [0.5, 0.6) is 23.0 Å². The van der Waals surface area contributed by atoms with Gasteiger partial charge in [-0.25, -0.2) is 0 Å². The van der Waals surface area contributed by atoms with E-state index in [0.717, 1.165) is 68.6 Å². The minimum Gasteiger partial charge on any atom is -0.497 e. The first-order valence-electron chi connectivity index (χ1n) is 11.7. The second-order valence-electron chi connectivity index (χ2n) is 8.67. The van der Waals surface area contributed by atoms with E-state index in [1.54, 1.807) is 21.3 Å². The summed E-state index contributed by atoms with van der Waals surface area (Å²) in [6.45, 7) is 6.27. The van der Waals surface area contributed by atoms with Crippen LogP contribution < -0.4 is 18.9 Å². The Kier molecular flexibility index (Phi) is 7.76. The molecule has 2 aromatic carbocycles. The van der Waals surface area contributed by atoms with Crippen molar-refractivity contribution in [2.45, 2.75) is 38.3 Å². The van der Waals surface area contributed by atoms with Gasteiger partial charge in [-0.15, -0.1) is 0 Å². The molecule has 32 heavy (non-hydrogen) atoms. The molecule has 0 amide bonds. The fraction of sp³-hybridized carbons (Fsp3) is 0.538. The van der Waals surface area contributed by atoms with Gasteiger partial charge >= 0.3 is 0 Å². The number of fused-ring (bicyclic) bond motifs is 1. The molecule has 0 bridgehead atoms. The second-order valence-corrected chi connectivity index (χ2v) is 8.67. The van der Waals surface area contributed by atoms with Crippen molar-refractivity contribution < 1.29 is 18.9 Å². The molecule has 0 aromatic heterocycles. The van der Waals surface area contributed by atoms with Gasteiger partial charge in [0.1, 0.15) is 11.5 Å². The van der Waals surface area contributed by atoms with E-state index in [0.29, 0.717) is 6.04 Å². The number of methoxy groups -OCH3 is 3. The maximum atomic E-state index is 5.90. The van der Waals surface area contributed by atoms with E-state index < -0.39 is 0 Å². The number of likely N-dealkylation sites (tertiary alicyclic amines) is 1. The van der Waals surface area contributed by atoms with E-state index >= 15 is 0 Å². The van der Waals surface area contributed by atoms with E-state index in [1.165, 1.54) is 30.5 Å². The second kappa shape index (κ2) is 10.9. The highest BCUT2D eigenvalue weighted by Crippen LogP contribution is 2.34. The van der Waals surface area contributed by atoms with Crippen LogP contribution in [0.3, 0.4) is 0 Å². The Morgan fingerprint density at radius 3 is 2.31 bits per heavy atom. The van der Waals surface area contributed by atoms with Gasteiger partial charge in [-0.1, -0.05) is 0 Å². The van der Waals surface area contributed by atoms with Gasteiger partial charge in [-0.05, 0) is 79.8 Å². The highest BCUT2D eigenvalue weighted by molar-refractivity contribution is 5.48. The topological polar surface area (TPSA) is 43.4 Å². The minimum absolute atomic E-state index is 0.618. The van der Waals surface area contributed by atoms with Gasteiger partial charge in [0.15, 0.2) is 11.5 Å². The predicted molar refractivity (Wildman–Crippen MR) is 126 cm³/mol. The lowest BCUT2D eigenvalue weighted by Gasteiger charge is -2.41. The molecule has 2 aliphatic heterocycles. The van der Waals surface area contributed by atoms with Crippen molar-refractivity contribution in [2.24, 2.45) is 0 Å². The van der Waals surface area contributed by atoms with E-state index in [9.17, 15) is 0 Å². The normalized spacial score (nSPS) is 19.3. The van der Waals surface area contributed by atoms with Crippen LogP contribution in [0.25, 0.3) is 0 Å². The molecule has 2 aromatic rings. The van der Waals surface area contributed by atoms with Crippen LogP contribution in [0.1, 0.15) is 30.4 Å². The molecule has 6 nitrogen and oxygen atoms in total. The average Bonchev–Trinajstić information content (AvgIpc) is 2.86. The zero-order valence-electron chi connectivity index (χ0n) is 19.6. The van der Waals surface area contributed by atoms with Crippen molar-refractivity contribution in [3.05, 3.63) is 47.5 Å². The molecular formula is C26H36N2O4. The summed E-state index contributed by atoms with van der Waals surface area (Å²) >= 11 is 0. The van der Waals surface area contributed by atoms with Crippen LogP contribution >= 0.6 is 0 Å². The molecule has 174 valence electrons. The fourth-order valence-corrected chi connectivity index (χ4v) is 4.90. The first kappa shape index (κ1) is 22.7. The SMILES string of the molecule is COc1ccc(OCCCN2CCC[C@@H](N3CCc4cc(OC)c(OC)cc4C3)C2)cc1. The zero-order chi connectivity index (χ0) is 22.3. The van der Waals surface area contributed by atoms with E-state index in [1.807, 2.05) is 24.3 Å². The molecule has 6 heteroatoms. The van der Waals surface area contributed by atoms with E-state index in [2.05, 4.69) is 21.9 Å². The van der Waals surface area contributed by atoms with Crippen LogP contribution in [0.4, 0.5) is 0 Å². The Morgan fingerprint density at radius 2 is 1.59 bits per heavy atom. The van der Waals surface area contributed by atoms with Crippen LogP contribution in [-0.4, -0.2) is 70.0 Å². The number of rotatable bonds is 9. The third kappa shape index (κ3) is 5.48. The lowest BCUT2D eigenvalue weighted by atomic mass is 9.95. The standard InChI is InChI=1S/C26H36N2O4/c1-29-23-7-9-24(10-8-23)32-15-5-13-27-12-4-6-22(19-27)28-14-11-20-16-25(30-2)26(31-3)17-21(20)18-28/h7-10,16-17,22H,4-6,11-15,18-19H2,1-3H3/t22-/m1/s1. The van der Waals surface area contributed by atoms with Gasteiger partial charge in [-0.2, -0.15) is 0 Å². The van der Waals surface area contributed by atoms with Crippen molar-refractivity contribution in [1.29, 1.82) is 0 Å². The summed E-state index contributed by atoms with van der Waals surface area (Å²) in [5.41, 5.74) is 2.76. The first-order valence-corrected chi connectivity index (χ1v) is 11.7. The summed E-state index contributed by atoms with van der Waals surface area (Å²) in [4.78, 5) is 5.27. The number of piperidine rings is 1. The first-order chi connectivity index (χ1) is 15.7. The summed E-state index contributed by atoms with van der Waals surface area (Å²) in [5, 5.41) is 0. The quantitative estimate of drug-likeness (QED) is 0.549. The fourth-order valence-electron chi connectivity index (χ4n) is 4.90. The Bertz CT molecular complexity index is 871. The summed E-state index contributed by atoms with van der Waals surface area (Å²) in [6, 6.07) is 12.7. The molecule has 0 saturated carbocycles. The van der Waals surface area contributed by atoms with Crippen LogP contribution in [-0.2, 0) is 13.0 Å². The average molecular weight is 441 g/mol. The Balaban J connectivity index is 1.26. The van der Waals surface area contributed by atoms with E-state index in [4.69, 9.17) is 18.9 Å². The van der Waals surface area contributed by atoms with Crippen LogP contribution in [0.15, 0.2) is 36.4 Å². The van der Waals surface area contributed by atoms with Gasteiger partial charge in [-0.3, -0.25) is 4.90 Å². The van der Waals surface area contributed by atoms with Crippen molar-refractivity contribution in [1.82, 2.24) is 9.80 Å². The highest BCUT2D eigenvalue weighted by Gasteiger charge is 2.28. The van der Waals surface area contributed by atoms with Gasteiger partial charge in [0.2, 0.25) is 0 Å². The molecule has 0 spiro atoms. The Morgan fingerprint density at radius 1 is 0.875 bits per heavy atom. The largest absolute Gasteiger partial charge is 0.497 e. The molecule has 2 heterocycles. The summed E-state index contributed by atoms with van der Waals surface area (Å²) in [6.07, 6.45) is 4.65. The molecule has 1 atom stereocenters. The summed E-state index contributed by atoms with van der Waals surface area (Å²) < 4.78 is 22.1. The Hall–Kier alpha value is -2.44. The lowest BCUT2D eigenvalue weighted by molar-refractivity contribution is 0.0844. The number of benzene rings is 2. The third-order valence-electron chi connectivity index (χ3n) is 6.69. The number of ether oxygens (including phenoxy) is 4. The van der Waals surface area contributed by atoms with E-state index in [-0.39, 0.29) is 0 Å². The Labute approximate surface area is 192 Å². The summed E-state index contributed by atoms with van der Waals surface area (Å²) in [5.74, 6) is 3.42. The zero-order valence-corrected chi connectivity index (χ0v) is 19.6. The molecule has 4 rings (SSSR count). The maximum Gasteiger partial charge on any atom is 0.161 e. The molecule has 1 saturated heterocycles. The maximum absolute atomic E-state index is 5.90. The molecule has 0 aliphatic carbocycles. The molecule has 0 unspecified atom stereocenters. The van der Waals surface area contributed by atoms with Crippen molar-refractivity contribution >= 4 is 0 Å². The molecular weight excluding hydrogens is 404 g/mol. The number of hydrogen-bond acceptors (Lipinski definition) is 6. The van der Waals surface area contributed by atoms with Gasteiger partial charge in [0.05, 0.1) is 27.9 Å². The predicted octanol–water partition coefficient (Wildman–Crippen LogP) is 4.00. The van der Waals surface area contributed by atoms with Crippen molar-refractivity contribution in [3.63, 3.8) is 0 Å². The summed E-state index contributed by atoms with van der Waals surface area (Å²) in [7, 11) is 5.10. The van der Waals surface area contributed by atoms with Gasteiger partial charge in [0.25, 0.3) is 0 Å². The smallest absolute Gasteiger partial charge is 0.161 e. The van der Waals surface area contributed by atoms with Crippen LogP contribution in [0.2, 0.25) is 0 Å². The van der Waals surface area contributed by atoms with Crippen LogP contribution in [0, 0.1) is 0 Å². The molecule has 0 radical (unpaired) electrons. The molecule has 0 N–H and O–H groups in total. The molecule has 2 aliphatic rings. The highest BCUT2D eigenvalue weighted by atomic mass is 16.5. The van der Waals surface area contributed by atoms with Crippen molar-refractivity contribution in [2.75, 3.05) is 54.1 Å². The monoisotopic (exact) mass is 440 g/mol. The third-order valence-corrected chi connectivity index (χ3v) is 6.69. The van der Waals surface area contributed by atoms with Gasteiger partial charge in [0, 0.05) is 32.2 Å². The molecule has 1 fully saturated rings. The number of hydrogen-bond donors (Lipinski definition) is 0. The minimum atomic E-state index is 0.618. The lowest BCUT2D eigenvalue weighted by Crippen LogP contribution is -2.49.